The molecule has 0 radical (unpaired) electrons. The van der Waals surface area contributed by atoms with E-state index in [1.165, 1.54) is 11.3 Å². The lowest BCUT2D eigenvalue weighted by molar-refractivity contribution is 0.963. The van der Waals surface area contributed by atoms with Gasteiger partial charge in [0.05, 0.1) is 0 Å². The Labute approximate surface area is 105 Å². The summed E-state index contributed by atoms with van der Waals surface area (Å²) in [7, 11) is 0. The van der Waals surface area contributed by atoms with E-state index in [1.807, 2.05) is 12.1 Å². The summed E-state index contributed by atoms with van der Waals surface area (Å²) in [6.45, 7) is 0. The Morgan fingerprint density at radius 3 is 2.71 bits per heavy atom. The Kier molecular flexibility index (Phi) is 2.43. The third-order valence-corrected chi connectivity index (χ3v) is 3.30. The van der Waals surface area contributed by atoms with Crippen molar-refractivity contribution in [2.45, 2.75) is 0 Å². The normalized spacial score (nSPS) is 10.9. The minimum atomic E-state index is 0.588. The highest BCUT2D eigenvalue weighted by atomic mass is 35.5. The van der Waals surface area contributed by atoms with Gasteiger partial charge in [0.15, 0.2) is 5.82 Å². The van der Waals surface area contributed by atoms with Crippen molar-refractivity contribution in [1.82, 2.24) is 19.8 Å². The quantitative estimate of drug-likeness (QED) is 0.546. The Morgan fingerprint density at radius 1 is 1.24 bits per heavy atom. The van der Waals surface area contributed by atoms with E-state index < -0.39 is 0 Å². The average molecular weight is 267 g/mol. The molecule has 3 aromatic rings. The molecule has 0 amide bonds. The lowest BCUT2D eigenvalue weighted by atomic mass is 10.2. The van der Waals surface area contributed by atoms with Gasteiger partial charge in [-0.2, -0.15) is 4.52 Å². The summed E-state index contributed by atoms with van der Waals surface area (Å²) in [5, 5.41) is 13.6. The summed E-state index contributed by atoms with van der Waals surface area (Å²) < 4.78 is 1.64. The number of halogens is 1. The number of hydrogen-bond acceptors (Lipinski definition) is 6. The van der Waals surface area contributed by atoms with Gasteiger partial charge in [0.2, 0.25) is 10.1 Å². The van der Waals surface area contributed by atoms with E-state index in [-0.39, 0.29) is 0 Å². The number of nitrogen functional groups attached to an aromatic ring is 1. The van der Waals surface area contributed by atoms with Crippen LogP contribution in [0.3, 0.4) is 0 Å². The van der Waals surface area contributed by atoms with E-state index in [1.54, 1.807) is 16.6 Å². The zero-order valence-corrected chi connectivity index (χ0v) is 10.0. The van der Waals surface area contributed by atoms with Crippen molar-refractivity contribution in [1.29, 1.82) is 0 Å². The van der Waals surface area contributed by atoms with Gasteiger partial charge in [-0.15, -0.1) is 15.3 Å². The van der Waals surface area contributed by atoms with Crippen molar-refractivity contribution >= 4 is 33.0 Å². The first kappa shape index (κ1) is 10.5. The maximum atomic E-state index is 5.83. The highest BCUT2D eigenvalue weighted by Gasteiger charge is 2.12. The molecule has 0 fully saturated rings. The Balaban J connectivity index is 2.16. The van der Waals surface area contributed by atoms with Gasteiger partial charge in [-0.05, 0) is 24.3 Å². The molecule has 0 aliphatic rings. The summed E-state index contributed by atoms with van der Waals surface area (Å²) >= 11 is 7.17. The molecule has 0 bridgehead atoms. The van der Waals surface area contributed by atoms with Gasteiger partial charge in [0.25, 0.3) is 0 Å². The zero-order chi connectivity index (χ0) is 11.8. The Bertz CT molecular complexity index is 658. The number of hydrogen-bond donors (Lipinski definition) is 2. The fourth-order valence-electron chi connectivity index (χ4n) is 1.45. The molecular formula is C9H7ClN6S. The number of nitrogens with two attached hydrogens (primary N) is 1. The van der Waals surface area contributed by atoms with Crippen LogP contribution in [-0.2, 0) is 0 Å². The minimum Gasteiger partial charge on any atom is -0.298 e. The molecule has 86 valence electrons. The van der Waals surface area contributed by atoms with Gasteiger partial charge in [0.1, 0.15) is 0 Å². The van der Waals surface area contributed by atoms with Crippen molar-refractivity contribution in [3.8, 4) is 11.4 Å². The molecule has 2 heterocycles. The standard InChI is InChI=1S/C9H7ClN6S/c10-6-3-1-5(2-4-6)7-13-14-9-16(7)15-8(12-11)17-9/h1-4H,11H2,(H,12,15). The lowest BCUT2D eigenvalue weighted by Crippen LogP contribution is -2.06. The number of fused-ring (bicyclic) bond motifs is 1. The predicted molar refractivity (Wildman–Crippen MR) is 66.9 cm³/mol. The van der Waals surface area contributed by atoms with Crippen LogP contribution in [0.25, 0.3) is 16.3 Å². The molecule has 6 nitrogen and oxygen atoms in total. The average Bonchev–Trinajstić information content (AvgIpc) is 2.89. The van der Waals surface area contributed by atoms with Gasteiger partial charge in [-0.25, -0.2) is 5.84 Å². The van der Waals surface area contributed by atoms with Crippen LogP contribution in [0.5, 0.6) is 0 Å². The predicted octanol–water partition coefficient (Wildman–Crippen LogP) is 1.79. The molecule has 0 atom stereocenters. The van der Waals surface area contributed by atoms with Crippen LogP contribution in [-0.4, -0.2) is 19.8 Å². The number of nitrogens with zero attached hydrogens (tertiary/aromatic N) is 4. The van der Waals surface area contributed by atoms with Crippen molar-refractivity contribution in [3.05, 3.63) is 29.3 Å². The van der Waals surface area contributed by atoms with Crippen molar-refractivity contribution in [3.63, 3.8) is 0 Å². The lowest BCUT2D eigenvalue weighted by Gasteiger charge is -1.96. The van der Waals surface area contributed by atoms with Crippen molar-refractivity contribution in [2.75, 3.05) is 5.43 Å². The molecule has 0 unspecified atom stereocenters. The number of rotatable bonds is 2. The van der Waals surface area contributed by atoms with Gasteiger partial charge in [0, 0.05) is 10.6 Å². The number of nitrogens with one attached hydrogen (secondary N) is 1. The molecule has 0 aliphatic carbocycles. The van der Waals surface area contributed by atoms with E-state index in [0.717, 1.165) is 5.56 Å². The van der Waals surface area contributed by atoms with E-state index in [9.17, 15) is 0 Å². The molecule has 17 heavy (non-hydrogen) atoms. The maximum Gasteiger partial charge on any atom is 0.236 e. The molecule has 1 aromatic carbocycles. The Hall–Kier alpha value is -1.70. The highest BCUT2D eigenvalue weighted by Crippen LogP contribution is 2.24. The molecule has 0 aliphatic heterocycles. The second-order valence-corrected chi connectivity index (χ2v) is 4.67. The van der Waals surface area contributed by atoms with Crippen LogP contribution in [0.4, 0.5) is 5.13 Å². The van der Waals surface area contributed by atoms with Gasteiger partial charge in [-0.3, -0.25) is 5.43 Å². The molecule has 3 rings (SSSR count). The molecular weight excluding hydrogens is 260 g/mol. The Morgan fingerprint density at radius 2 is 2.00 bits per heavy atom. The second kappa shape index (κ2) is 3.95. The van der Waals surface area contributed by atoms with Crippen LogP contribution < -0.4 is 11.3 Å². The SMILES string of the molecule is NNc1nn2c(-c3ccc(Cl)cc3)nnc2s1. The summed E-state index contributed by atoms with van der Waals surface area (Å²) in [5.74, 6) is 5.96. The van der Waals surface area contributed by atoms with Crippen LogP contribution in [0, 0.1) is 0 Å². The molecule has 3 N–H and O–H groups in total. The number of hydrazine groups is 1. The second-order valence-electron chi connectivity index (χ2n) is 3.28. The van der Waals surface area contributed by atoms with Crippen molar-refractivity contribution in [2.24, 2.45) is 5.84 Å². The third kappa shape index (κ3) is 1.74. The van der Waals surface area contributed by atoms with Gasteiger partial charge < -0.3 is 0 Å². The fraction of sp³-hybridized carbons (Fsp3) is 0. The maximum absolute atomic E-state index is 5.83. The highest BCUT2D eigenvalue weighted by molar-refractivity contribution is 7.20. The van der Waals surface area contributed by atoms with E-state index in [0.29, 0.717) is 20.9 Å². The largest absolute Gasteiger partial charge is 0.298 e. The smallest absolute Gasteiger partial charge is 0.236 e. The van der Waals surface area contributed by atoms with E-state index in [4.69, 9.17) is 17.4 Å². The van der Waals surface area contributed by atoms with Crippen LogP contribution in [0.15, 0.2) is 24.3 Å². The summed E-state index contributed by atoms with van der Waals surface area (Å²) in [6.07, 6.45) is 0. The number of aromatic nitrogens is 4. The summed E-state index contributed by atoms with van der Waals surface area (Å²) in [6, 6.07) is 7.33. The zero-order valence-electron chi connectivity index (χ0n) is 8.46. The first-order chi connectivity index (χ1) is 8.28. The molecule has 0 saturated carbocycles. The van der Waals surface area contributed by atoms with E-state index >= 15 is 0 Å². The van der Waals surface area contributed by atoms with Gasteiger partial charge >= 0.3 is 0 Å². The summed E-state index contributed by atoms with van der Waals surface area (Å²) in [5.41, 5.74) is 3.39. The monoisotopic (exact) mass is 266 g/mol. The summed E-state index contributed by atoms with van der Waals surface area (Å²) in [4.78, 5) is 0.683. The minimum absolute atomic E-state index is 0.588. The first-order valence-electron chi connectivity index (χ1n) is 4.73. The molecule has 0 saturated heterocycles. The van der Waals surface area contributed by atoms with Crippen LogP contribution in [0.2, 0.25) is 5.02 Å². The van der Waals surface area contributed by atoms with E-state index in [2.05, 4.69) is 20.7 Å². The van der Waals surface area contributed by atoms with Crippen molar-refractivity contribution < 1.29 is 0 Å². The first-order valence-corrected chi connectivity index (χ1v) is 5.92. The molecule has 2 aromatic heterocycles. The number of anilines is 1. The van der Waals surface area contributed by atoms with Crippen LogP contribution in [0.1, 0.15) is 0 Å². The van der Waals surface area contributed by atoms with Crippen LogP contribution >= 0.6 is 22.9 Å². The molecule has 0 spiro atoms. The number of benzene rings is 1. The van der Waals surface area contributed by atoms with Gasteiger partial charge in [-0.1, -0.05) is 22.9 Å². The fourth-order valence-corrected chi connectivity index (χ4v) is 2.23. The topological polar surface area (TPSA) is 81.1 Å². The third-order valence-electron chi connectivity index (χ3n) is 2.22. The molecule has 8 heteroatoms.